The summed E-state index contributed by atoms with van der Waals surface area (Å²) in [5, 5.41) is 9.41. The number of rotatable bonds is 1. The minimum absolute atomic E-state index is 0.0426. The third kappa shape index (κ3) is 1.80. The fourth-order valence-electron chi connectivity index (χ4n) is 3.06. The van der Waals surface area contributed by atoms with Crippen molar-refractivity contribution in [1.29, 1.82) is 0 Å². The standard InChI is InChI=1S/C11H14F3NO4/c1-9(2)10(8(17)18)5-15(3-6(10)4-19-9)7(16)11(12,13)14/h6H,3-5H2,1-2H3,(H,17,18). The van der Waals surface area contributed by atoms with Gasteiger partial charge in [-0.05, 0) is 13.8 Å². The summed E-state index contributed by atoms with van der Waals surface area (Å²) in [5.74, 6) is -3.83. The number of alkyl halides is 3. The number of carbonyl (C=O) groups is 2. The molecule has 0 radical (unpaired) electrons. The third-order valence-corrected chi connectivity index (χ3v) is 4.21. The van der Waals surface area contributed by atoms with E-state index in [1.54, 1.807) is 0 Å². The molecule has 19 heavy (non-hydrogen) atoms. The highest BCUT2D eigenvalue weighted by atomic mass is 19.4. The Morgan fingerprint density at radius 2 is 1.95 bits per heavy atom. The number of carboxylic acid groups (broad SMARTS) is 1. The van der Waals surface area contributed by atoms with Crippen molar-refractivity contribution in [2.75, 3.05) is 19.7 Å². The van der Waals surface area contributed by atoms with E-state index in [0.717, 1.165) is 0 Å². The highest BCUT2D eigenvalue weighted by Gasteiger charge is 2.67. The van der Waals surface area contributed by atoms with Crippen LogP contribution in [0.2, 0.25) is 0 Å². The van der Waals surface area contributed by atoms with Crippen LogP contribution < -0.4 is 0 Å². The number of ether oxygens (including phenoxy) is 1. The molecule has 1 amide bonds. The molecule has 0 spiro atoms. The van der Waals surface area contributed by atoms with Gasteiger partial charge in [-0.15, -0.1) is 0 Å². The van der Waals surface area contributed by atoms with Gasteiger partial charge in [0, 0.05) is 19.0 Å². The number of amides is 1. The quantitative estimate of drug-likeness (QED) is 0.775. The molecular weight excluding hydrogens is 267 g/mol. The van der Waals surface area contributed by atoms with Gasteiger partial charge in [-0.1, -0.05) is 0 Å². The molecule has 2 unspecified atom stereocenters. The molecule has 8 heteroatoms. The summed E-state index contributed by atoms with van der Waals surface area (Å²) in [6.07, 6.45) is -4.98. The first-order valence-corrected chi connectivity index (χ1v) is 5.76. The number of halogens is 3. The number of aliphatic carboxylic acids is 1. The summed E-state index contributed by atoms with van der Waals surface area (Å²) in [7, 11) is 0. The van der Waals surface area contributed by atoms with E-state index in [1.807, 2.05) is 0 Å². The van der Waals surface area contributed by atoms with Gasteiger partial charge in [0.15, 0.2) is 0 Å². The van der Waals surface area contributed by atoms with E-state index in [9.17, 15) is 27.9 Å². The number of carbonyl (C=O) groups excluding carboxylic acids is 1. The summed E-state index contributed by atoms with van der Waals surface area (Å²) in [6.45, 7) is 2.39. The predicted molar refractivity (Wildman–Crippen MR) is 56.2 cm³/mol. The number of likely N-dealkylation sites (tertiary alicyclic amines) is 1. The second-order valence-electron chi connectivity index (χ2n) is 5.48. The van der Waals surface area contributed by atoms with E-state index in [-0.39, 0.29) is 13.2 Å². The van der Waals surface area contributed by atoms with Gasteiger partial charge in [-0.25, -0.2) is 0 Å². The maximum absolute atomic E-state index is 12.4. The zero-order valence-electron chi connectivity index (χ0n) is 10.5. The van der Waals surface area contributed by atoms with Gasteiger partial charge in [-0.3, -0.25) is 9.59 Å². The molecule has 2 saturated heterocycles. The Bertz CT molecular complexity index is 434. The van der Waals surface area contributed by atoms with Gasteiger partial charge in [-0.2, -0.15) is 13.2 Å². The molecule has 0 aromatic rings. The normalized spacial score (nSPS) is 33.3. The van der Waals surface area contributed by atoms with Gasteiger partial charge < -0.3 is 14.7 Å². The number of fused-ring (bicyclic) bond motifs is 1. The van der Waals surface area contributed by atoms with E-state index in [1.165, 1.54) is 13.8 Å². The zero-order chi connectivity index (χ0) is 14.6. The second kappa shape index (κ2) is 3.84. The minimum atomic E-state index is -4.98. The maximum Gasteiger partial charge on any atom is 0.471 e. The van der Waals surface area contributed by atoms with Crippen molar-refractivity contribution >= 4 is 11.9 Å². The molecule has 1 N–H and O–H groups in total. The monoisotopic (exact) mass is 281 g/mol. The van der Waals surface area contributed by atoms with Crippen LogP contribution in [0, 0.1) is 11.3 Å². The van der Waals surface area contributed by atoms with Crippen LogP contribution in [0.15, 0.2) is 0 Å². The lowest BCUT2D eigenvalue weighted by Gasteiger charge is -2.35. The molecule has 2 aliphatic rings. The SMILES string of the molecule is CC1(C)OCC2CN(C(=O)C(F)(F)F)CC21C(=O)O. The van der Waals surface area contributed by atoms with Crippen LogP contribution in [0.3, 0.4) is 0 Å². The zero-order valence-corrected chi connectivity index (χ0v) is 10.5. The summed E-state index contributed by atoms with van der Waals surface area (Å²) in [6, 6.07) is 0. The average molecular weight is 281 g/mol. The van der Waals surface area contributed by atoms with Crippen LogP contribution in [0.1, 0.15) is 13.8 Å². The molecule has 108 valence electrons. The first-order chi connectivity index (χ1) is 8.52. The predicted octanol–water partition coefficient (Wildman–Crippen LogP) is 0.887. The van der Waals surface area contributed by atoms with Crippen molar-refractivity contribution in [3.05, 3.63) is 0 Å². The molecule has 0 saturated carbocycles. The van der Waals surface area contributed by atoms with E-state index >= 15 is 0 Å². The van der Waals surface area contributed by atoms with Crippen molar-refractivity contribution in [3.8, 4) is 0 Å². The van der Waals surface area contributed by atoms with Crippen LogP contribution in [0.4, 0.5) is 13.2 Å². The lowest BCUT2D eigenvalue weighted by atomic mass is 9.69. The highest BCUT2D eigenvalue weighted by Crippen LogP contribution is 2.52. The molecule has 0 bridgehead atoms. The first kappa shape index (κ1) is 14.1. The summed E-state index contributed by atoms with van der Waals surface area (Å²) < 4.78 is 42.7. The van der Waals surface area contributed by atoms with E-state index in [4.69, 9.17) is 4.74 Å². The maximum atomic E-state index is 12.4. The lowest BCUT2D eigenvalue weighted by molar-refractivity contribution is -0.186. The molecule has 2 fully saturated rings. The smallest absolute Gasteiger partial charge is 0.471 e. The van der Waals surface area contributed by atoms with E-state index < -0.39 is 41.5 Å². The summed E-state index contributed by atoms with van der Waals surface area (Å²) in [4.78, 5) is 23.4. The topological polar surface area (TPSA) is 66.8 Å². The summed E-state index contributed by atoms with van der Waals surface area (Å²) in [5.41, 5.74) is -2.59. The van der Waals surface area contributed by atoms with Gasteiger partial charge in [0.25, 0.3) is 0 Å². The van der Waals surface area contributed by atoms with Gasteiger partial charge >= 0.3 is 18.1 Å². The molecule has 0 aromatic heterocycles. The minimum Gasteiger partial charge on any atom is -0.481 e. The van der Waals surface area contributed by atoms with Gasteiger partial charge in [0.1, 0.15) is 5.41 Å². The van der Waals surface area contributed by atoms with Crippen LogP contribution in [0.5, 0.6) is 0 Å². The molecule has 2 aliphatic heterocycles. The Morgan fingerprint density at radius 1 is 1.37 bits per heavy atom. The van der Waals surface area contributed by atoms with Gasteiger partial charge in [0.2, 0.25) is 0 Å². The van der Waals surface area contributed by atoms with E-state index in [2.05, 4.69) is 0 Å². The van der Waals surface area contributed by atoms with Crippen molar-refractivity contribution in [2.45, 2.75) is 25.6 Å². The molecular formula is C11H14F3NO4. The van der Waals surface area contributed by atoms with Crippen LogP contribution >= 0.6 is 0 Å². The Labute approximate surface area is 107 Å². The van der Waals surface area contributed by atoms with Crippen molar-refractivity contribution in [1.82, 2.24) is 4.90 Å². The fraction of sp³-hybridized carbons (Fsp3) is 0.818. The van der Waals surface area contributed by atoms with Gasteiger partial charge in [0.05, 0.1) is 12.2 Å². The molecule has 5 nitrogen and oxygen atoms in total. The number of carboxylic acids is 1. The van der Waals surface area contributed by atoms with Crippen molar-refractivity contribution < 1.29 is 32.6 Å². The molecule has 0 aromatic carbocycles. The van der Waals surface area contributed by atoms with Crippen molar-refractivity contribution in [2.24, 2.45) is 11.3 Å². The third-order valence-electron chi connectivity index (χ3n) is 4.21. The number of hydrogen-bond acceptors (Lipinski definition) is 3. The molecule has 2 atom stereocenters. The Balaban J connectivity index is 2.33. The molecule has 2 rings (SSSR count). The number of hydrogen-bond donors (Lipinski definition) is 1. The first-order valence-electron chi connectivity index (χ1n) is 5.76. The van der Waals surface area contributed by atoms with Crippen LogP contribution in [-0.4, -0.2) is 53.4 Å². The number of nitrogens with zero attached hydrogens (tertiary/aromatic N) is 1. The van der Waals surface area contributed by atoms with E-state index in [0.29, 0.717) is 4.90 Å². The van der Waals surface area contributed by atoms with Crippen LogP contribution in [-0.2, 0) is 14.3 Å². The molecule has 2 heterocycles. The lowest BCUT2D eigenvalue weighted by Crippen LogP contribution is -2.52. The van der Waals surface area contributed by atoms with Crippen LogP contribution in [0.25, 0.3) is 0 Å². The average Bonchev–Trinajstić information content (AvgIpc) is 2.74. The second-order valence-corrected chi connectivity index (χ2v) is 5.48. The summed E-state index contributed by atoms with van der Waals surface area (Å²) >= 11 is 0. The largest absolute Gasteiger partial charge is 0.481 e. The van der Waals surface area contributed by atoms with Crippen molar-refractivity contribution in [3.63, 3.8) is 0 Å². The fourth-order valence-corrected chi connectivity index (χ4v) is 3.06. The Morgan fingerprint density at radius 3 is 2.37 bits per heavy atom. The Kier molecular flexibility index (Phi) is 2.85. The molecule has 0 aliphatic carbocycles. The highest BCUT2D eigenvalue weighted by molar-refractivity contribution is 5.85. The Hall–Kier alpha value is -1.31.